The SMILES string of the molecule is C=CCCCC1(C)CCC[n+]2c1sc(=O)c(Cc1ccccc1)c2[O-]. The van der Waals surface area contributed by atoms with Crippen LogP contribution in [0, 0.1) is 0 Å². The number of aromatic nitrogens is 1. The first-order chi connectivity index (χ1) is 12.0. The Morgan fingerprint density at radius 1 is 1.36 bits per heavy atom. The zero-order valence-corrected chi connectivity index (χ0v) is 15.6. The summed E-state index contributed by atoms with van der Waals surface area (Å²) in [5, 5.41) is 14.0. The zero-order chi connectivity index (χ0) is 17.9. The fourth-order valence-electron chi connectivity index (χ4n) is 3.75. The van der Waals surface area contributed by atoms with Gasteiger partial charge in [0.2, 0.25) is 9.75 Å². The highest BCUT2D eigenvalue weighted by Crippen LogP contribution is 2.37. The lowest BCUT2D eigenvalue weighted by Gasteiger charge is -2.32. The van der Waals surface area contributed by atoms with Crippen molar-refractivity contribution in [1.29, 1.82) is 0 Å². The molecule has 1 atom stereocenters. The van der Waals surface area contributed by atoms with Crippen LogP contribution < -0.4 is 14.4 Å². The monoisotopic (exact) mass is 355 g/mol. The van der Waals surface area contributed by atoms with Gasteiger partial charge in [0, 0.05) is 12.8 Å². The van der Waals surface area contributed by atoms with Crippen molar-refractivity contribution < 1.29 is 9.67 Å². The van der Waals surface area contributed by atoms with Crippen LogP contribution in [0.15, 0.2) is 47.8 Å². The van der Waals surface area contributed by atoms with Crippen molar-refractivity contribution in [2.45, 2.75) is 57.4 Å². The molecule has 25 heavy (non-hydrogen) atoms. The minimum atomic E-state index is -0.0859. The van der Waals surface area contributed by atoms with E-state index in [4.69, 9.17) is 0 Å². The molecule has 3 nitrogen and oxygen atoms in total. The van der Waals surface area contributed by atoms with Crippen molar-refractivity contribution in [1.82, 2.24) is 0 Å². The number of allylic oxidation sites excluding steroid dienone is 1. The van der Waals surface area contributed by atoms with Gasteiger partial charge in [0.15, 0.2) is 5.88 Å². The Morgan fingerprint density at radius 3 is 2.84 bits per heavy atom. The van der Waals surface area contributed by atoms with Crippen molar-refractivity contribution in [3.63, 3.8) is 0 Å². The topological polar surface area (TPSA) is 44.0 Å². The van der Waals surface area contributed by atoms with E-state index in [-0.39, 0.29) is 16.0 Å². The molecule has 0 saturated heterocycles. The molecule has 0 bridgehead atoms. The van der Waals surface area contributed by atoms with Crippen LogP contribution in [-0.4, -0.2) is 0 Å². The van der Waals surface area contributed by atoms with Crippen LogP contribution in [0.4, 0.5) is 0 Å². The maximum Gasteiger partial charge on any atom is 0.246 e. The van der Waals surface area contributed by atoms with Gasteiger partial charge >= 0.3 is 0 Å². The van der Waals surface area contributed by atoms with Gasteiger partial charge in [0.1, 0.15) is 6.54 Å². The van der Waals surface area contributed by atoms with Crippen molar-refractivity contribution in [2.24, 2.45) is 0 Å². The van der Waals surface area contributed by atoms with Crippen LogP contribution in [0.2, 0.25) is 0 Å². The summed E-state index contributed by atoms with van der Waals surface area (Å²) in [6.07, 6.45) is 7.39. The third-order valence-corrected chi connectivity index (χ3v) is 6.51. The van der Waals surface area contributed by atoms with Crippen LogP contribution in [0.25, 0.3) is 0 Å². The summed E-state index contributed by atoms with van der Waals surface area (Å²) in [5.41, 5.74) is 1.35. The minimum absolute atomic E-state index is 0.0723. The molecule has 132 valence electrons. The van der Waals surface area contributed by atoms with Gasteiger partial charge in [-0.05, 0) is 49.5 Å². The van der Waals surface area contributed by atoms with Gasteiger partial charge in [-0.2, -0.15) is 4.57 Å². The molecular formula is C21H25NO2S. The minimum Gasteiger partial charge on any atom is -0.823 e. The van der Waals surface area contributed by atoms with Crippen LogP contribution in [0.5, 0.6) is 5.88 Å². The maximum atomic E-state index is 13.0. The predicted molar refractivity (Wildman–Crippen MR) is 100 cm³/mol. The summed E-state index contributed by atoms with van der Waals surface area (Å²) in [6.45, 7) is 6.72. The smallest absolute Gasteiger partial charge is 0.246 e. The van der Waals surface area contributed by atoms with Gasteiger partial charge in [-0.1, -0.05) is 36.4 Å². The molecule has 2 aromatic rings. The van der Waals surface area contributed by atoms with Crippen LogP contribution in [-0.2, 0) is 18.4 Å². The quantitative estimate of drug-likeness (QED) is 0.452. The summed E-state index contributed by atoms with van der Waals surface area (Å²) >= 11 is 1.29. The highest BCUT2D eigenvalue weighted by Gasteiger charge is 2.40. The van der Waals surface area contributed by atoms with Crippen molar-refractivity contribution >= 4 is 11.3 Å². The Balaban J connectivity index is 1.98. The fraction of sp³-hybridized carbons (Fsp3) is 0.429. The summed E-state index contributed by atoms with van der Waals surface area (Å²) < 4.78 is 1.80. The molecule has 0 amide bonds. The molecule has 1 unspecified atom stereocenters. The second-order valence-electron chi connectivity index (χ2n) is 7.14. The lowest BCUT2D eigenvalue weighted by atomic mass is 9.79. The lowest BCUT2D eigenvalue weighted by Crippen LogP contribution is -2.52. The number of nitrogens with zero attached hydrogens (tertiary/aromatic N) is 1. The fourth-order valence-corrected chi connectivity index (χ4v) is 4.94. The molecule has 0 fully saturated rings. The molecule has 0 radical (unpaired) electrons. The second kappa shape index (κ2) is 7.52. The number of fused-ring (bicyclic) bond motifs is 1. The Hall–Kier alpha value is -1.94. The molecule has 3 rings (SSSR count). The van der Waals surface area contributed by atoms with Gasteiger partial charge in [0.05, 0.1) is 11.0 Å². The van der Waals surface area contributed by atoms with Gasteiger partial charge < -0.3 is 5.11 Å². The number of hydrogen-bond acceptors (Lipinski definition) is 3. The number of benzene rings is 1. The summed E-state index contributed by atoms with van der Waals surface area (Å²) in [6, 6.07) is 9.75. The number of rotatable bonds is 6. The van der Waals surface area contributed by atoms with E-state index in [0.29, 0.717) is 12.0 Å². The molecule has 0 aliphatic carbocycles. The maximum absolute atomic E-state index is 13.0. The van der Waals surface area contributed by atoms with Gasteiger partial charge in [0.25, 0.3) is 0 Å². The Morgan fingerprint density at radius 2 is 2.12 bits per heavy atom. The van der Waals surface area contributed by atoms with Crippen LogP contribution in [0.1, 0.15) is 55.2 Å². The molecule has 1 aliphatic heterocycles. The normalized spacial score (nSPS) is 19.4. The molecule has 0 N–H and O–H groups in total. The second-order valence-corrected chi connectivity index (χ2v) is 8.10. The van der Waals surface area contributed by atoms with Gasteiger partial charge in [-0.25, -0.2) is 0 Å². The van der Waals surface area contributed by atoms with Crippen molar-refractivity contribution in [2.75, 3.05) is 0 Å². The standard InChI is InChI=1S/C21H25NO2S/c1-3-4-8-12-21(2)13-9-14-22-18(23)17(19(24)25-20(21)22)15-16-10-6-5-7-11-16/h3,5-7,10-11H,1,4,8-9,12-15H2,2H3. The Bertz CT molecular complexity index is 813. The molecule has 1 aromatic heterocycles. The molecular weight excluding hydrogens is 330 g/mol. The molecule has 0 saturated carbocycles. The molecule has 1 aromatic carbocycles. The summed E-state index contributed by atoms with van der Waals surface area (Å²) in [4.78, 5) is 12.7. The molecule has 1 aliphatic rings. The largest absolute Gasteiger partial charge is 0.823 e. The molecule has 4 heteroatoms. The third kappa shape index (κ3) is 3.69. The van der Waals surface area contributed by atoms with E-state index < -0.39 is 0 Å². The van der Waals surface area contributed by atoms with Crippen molar-refractivity contribution in [3.8, 4) is 5.88 Å². The van der Waals surface area contributed by atoms with E-state index in [1.165, 1.54) is 11.3 Å². The van der Waals surface area contributed by atoms with Gasteiger partial charge in [-0.15, -0.1) is 6.58 Å². The third-order valence-electron chi connectivity index (χ3n) is 5.17. The van der Waals surface area contributed by atoms with E-state index >= 15 is 0 Å². The van der Waals surface area contributed by atoms with E-state index in [1.807, 2.05) is 41.0 Å². The van der Waals surface area contributed by atoms with E-state index in [0.717, 1.165) is 49.2 Å². The first-order valence-corrected chi connectivity index (χ1v) is 9.79. The van der Waals surface area contributed by atoms with E-state index in [2.05, 4.69) is 13.5 Å². The predicted octanol–water partition coefficient (Wildman–Crippen LogP) is 3.47. The number of unbranched alkanes of at least 4 members (excludes halogenated alkanes) is 1. The zero-order valence-electron chi connectivity index (χ0n) is 14.8. The number of hydrogen-bond donors (Lipinski definition) is 0. The Kier molecular flexibility index (Phi) is 5.38. The summed E-state index contributed by atoms with van der Waals surface area (Å²) in [7, 11) is 0. The van der Waals surface area contributed by atoms with Crippen LogP contribution >= 0.6 is 11.3 Å². The van der Waals surface area contributed by atoms with Gasteiger partial charge in [-0.3, -0.25) is 4.79 Å². The first kappa shape index (κ1) is 17.9. The highest BCUT2D eigenvalue weighted by molar-refractivity contribution is 7.08. The average Bonchev–Trinajstić information content (AvgIpc) is 2.61. The summed E-state index contributed by atoms with van der Waals surface area (Å²) in [5.74, 6) is -0.0859. The van der Waals surface area contributed by atoms with Crippen LogP contribution in [0.3, 0.4) is 0 Å². The highest BCUT2D eigenvalue weighted by atomic mass is 32.1. The van der Waals surface area contributed by atoms with E-state index in [1.54, 1.807) is 0 Å². The average molecular weight is 356 g/mol. The lowest BCUT2D eigenvalue weighted by molar-refractivity contribution is -0.747. The van der Waals surface area contributed by atoms with E-state index in [9.17, 15) is 9.90 Å². The van der Waals surface area contributed by atoms with Crippen molar-refractivity contribution in [3.05, 3.63) is 68.7 Å². The molecule has 0 spiro atoms. The molecule has 2 heterocycles. The first-order valence-electron chi connectivity index (χ1n) is 8.97. The Labute approximate surface area is 153 Å².